The van der Waals surface area contributed by atoms with E-state index in [4.69, 9.17) is 0 Å². The van der Waals surface area contributed by atoms with Crippen LogP contribution in [-0.2, 0) is 19.4 Å². The zero-order valence-corrected chi connectivity index (χ0v) is 16.1. The van der Waals surface area contributed by atoms with Crippen molar-refractivity contribution in [3.8, 4) is 0 Å². The van der Waals surface area contributed by atoms with E-state index in [1.807, 2.05) is 6.07 Å². The first kappa shape index (κ1) is 17.0. The Morgan fingerprint density at radius 3 is 2.81 bits per heavy atom. The number of rotatable bonds is 4. The fourth-order valence-electron chi connectivity index (χ4n) is 5.23. The molecule has 1 N–H and O–H groups in total. The summed E-state index contributed by atoms with van der Waals surface area (Å²) in [4.78, 5) is 2.54. The van der Waals surface area contributed by atoms with Crippen LogP contribution in [0.1, 0.15) is 41.3 Å². The third-order valence-electron chi connectivity index (χ3n) is 6.40. The van der Waals surface area contributed by atoms with Crippen LogP contribution in [0.4, 0.5) is 0 Å². The molecule has 3 heteroatoms. The minimum Gasteiger partial charge on any atom is -0.391 e. The van der Waals surface area contributed by atoms with Crippen molar-refractivity contribution in [2.24, 2.45) is 0 Å². The standard InChI is InChI=1S/C24H28N2O/c1-17-10-11-22-21(14-17)20-8-5-9-23-24(20)26(22)13-12-25(23)16-19(27)15-18-6-3-2-4-7-18/h2-4,6-7,10-11,14,19,23,27H,5,8-9,12-13,15-16H2,1H3/t19-,23+/m1/s1. The number of aryl methyl sites for hydroxylation is 2. The summed E-state index contributed by atoms with van der Waals surface area (Å²) in [6.07, 6.45) is 4.07. The van der Waals surface area contributed by atoms with Gasteiger partial charge in [0, 0.05) is 36.2 Å². The van der Waals surface area contributed by atoms with Crippen molar-refractivity contribution in [2.75, 3.05) is 13.1 Å². The SMILES string of the molecule is Cc1ccc2c(c1)c1c3n2CCN(C[C@H](O)Cc2ccccc2)[C@H]3CCC1. The van der Waals surface area contributed by atoms with E-state index in [2.05, 4.69) is 58.9 Å². The molecule has 5 rings (SSSR count). The molecule has 27 heavy (non-hydrogen) atoms. The minimum absolute atomic E-state index is 0.309. The molecule has 0 fully saturated rings. The summed E-state index contributed by atoms with van der Waals surface area (Å²) in [5.41, 5.74) is 7.06. The Labute approximate surface area is 161 Å². The monoisotopic (exact) mass is 360 g/mol. The second-order valence-electron chi connectivity index (χ2n) is 8.28. The molecule has 3 nitrogen and oxygen atoms in total. The third-order valence-corrected chi connectivity index (χ3v) is 6.40. The van der Waals surface area contributed by atoms with E-state index < -0.39 is 0 Å². The van der Waals surface area contributed by atoms with Gasteiger partial charge in [-0.15, -0.1) is 0 Å². The van der Waals surface area contributed by atoms with E-state index in [9.17, 15) is 5.11 Å². The lowest BCUT2D eigenvalue weighted by Crippen LogP contribution is -2.43. The highest BCUT2D eigenvalue weighted by atomic mass is 16.3. The quantitative estimate of drug-likeness (QED) is 0.753. The van der Waals surface area contributed by atoms with Crippen LogP contribution in [-0.4, -0.2) is 33.8 Å². The molecule has 0 unspecified atom stereocenters. The van der Waals surface area contributed by atoms with Gasteiger partial charge in [-0.1, -0.05) is 42.0 Å². The van der Waals surface area contributed by atoms with Gasteiger partial charge in [0.15, 0.2) is 0 Å². The van der Waals surface area contributed by atoms with Crippen LogP contribution < -0.4 is 0 Å². The summed E-state index contributed by atoms with van der Waals surface area (Å²) in [6, 6.07) is 17.7. The summed E-state index contributed by atoms with van der Waals surface area (Å²) < 4.78 is 2.56. The van der Waals surface area contributed by atoms with Crippen LogP contribution >= 0.6 is 0 Å². The minimum atomic E-state index is -0.309. The van der Waals surface area contributed by atoms with Gasteiger partial charge in [-0.05, 0) is 55.9 Å². The lowest BCUT2D eigenvalue weighted by molar-refractivity contribution is 0.0644. The molecular formula is C24H28N2O. The van der Waals surface area contributed by atoms with Crippen molar-refractivity contribution < 1.29 is 5.11 Å². The second-order valence-corrected chi connectivity index (χ2v) is 8.28. The van der Waals surface area contributed by atoms with E-state index in [1.54, 1.807) is 5.56 Å². The Bertz CT molecular complexity index is 959. The average molecular weight is 361 g/mol. The number of hydrogen-bond acceptors (Lipinski definition) is 2. The molecule has 0 saturated carbocycles. The molecule has 1 aliphatic carbocycles. The number of benzene rings is 2. The zero-order chi connectivity index (χ0) is 18.4. The number of aliphatic hydroxyl groups excluding tert-OH is 1. The molecule has 1 aromatic heterocycles. The maximum absolute atomic E-state index is 10.7. The maximum atomic E-state index is 10.7. The van der Waals surface area contributed by atoms with Gasteiger partial charge in [0.25, 0.3) is 0 Å². The van der Waals surface area contributed by atoms with Gasteiger partial charge in [-0.3, -0.25) is 4.90 Å². The number of hydrogen-bond donors (Lipinski definition) is 1. The van der Waals surface area contributed by atoms with Gasteiger partial charge in [0.1, 0.15) is 0 Å². The van der Waals surface area contributed by atoms with E-state index in [1.165, 1.54) is 47.0 Å². The topological polar surface area (TPSA) is 28.4 Å². The van der Waals surface area contributed by atoms with E-state index in [0.717, 1.165) is 26.1 Å². The van der Waals surface area contributed by atoms with Crippen molar-refractivity contribution in [2.45, 2.75) is 51.3 Å². The molecule has 0 bridgehead atoms. The number of nitrogens with zero attached hydrogens (tertiary/aromatic N) is 2. The molecule has 140 valence electrons. The number of aliphatic hydroxyl groups is 1. The van der Waals surface area contributed by atoms with E-state index in [-0.39, 0.29) is 6.10 Å². The molecule has 0 spiro atoms. The normalized spacial score (nSPS) is 20.6. The van der Waals surface area contributed by atoms with Crippen molar-refractivity contribution in [3.63, 3.8) is 0 Å². The van der Waals surface area contributed by atoms with Crippen molar-refractivity contribution >= 4 is 10.9 Å². The molecule has 1 aliphatic heterocycles. The summed E-state index contributed by atoms with van der Waals surface area (Å²) in [6.45, 7) is 5.01. The molecule has 3 aromatic rings. The lowest BCUT2D eigenvalue weighted by atomic mass is 9.89. The van der Waals surface area contributed by atoms with Crippen LogP contribution in [0.15, 0.2) is 48.5 Å². The summed E-state index contributed by atoms with van der Waals surface area (Å²) in [5, 5.41) is 12.2. The van der Waals surface area contributed by atoms with Crippen LogP contribution in [0.5, 0.6) is 0 Å². The zero-order valence-electron chi connectivity index (χ0n) is 16.1. The van der Waals surface area contributed by atoms with Gasteiger partial charge in [0.05, 0.1) is 12.1 Å². The molecular weight excluding hydrogens is 332 g/mol. The number of β-amino-alcohol motifs (C(OH)–C–C–N with tert-alkyl or cyclic N) is 1. The lowest BCUT2D eigenvalue weighted by Gasteiger charge is -2.40. The third kappa shape index (κ3) is 2.99. The average Bonchev–Trinajstić information content (AvgIpc) is 2.99. The second kappa shape index (κ2) is 6.81. The van der Waals surface area contributed by atoms with Crippen LogP contribution in [0.2, 0.25) is 0 Å². The summed E-state index contributed by atoms with van der Waals surface area (Å²) in [5.74, 6) is 0. The Hall–Kier alpha value is -2.10. The predicted octanol–water partition coefficient (Wildman–Crippen LogP) is 4.25. The first-order valence-electron chi connectivity index (χ1n) is 10.3. The Kier molecular flexibility index (Phi) is 4.30. The van der Waals surface area contributed by atoms with Crippen LogP contribution in [0.25, 0.3) is 10.9 Å². The first-order chi connectivity index (χ1) is 13.2. The highest BCUT2D eigenvalue weighted by molar-refractivity contribution is 5.87. The summed E-state index contributed by atoms with van der Waals surface area (Å²) >= 11 is 0. The molecule has 2 aliphatic rings. The van der Waals surface area contributed by atoms with Crippen molar-refractivity contribution in [3.05, 3.63) is 70.9 Å². The summed E-state index contributed by atoms with van der Waals surface area (Å²) in [7, 11) is 0. The molecule has 0 radical (unpaired) electrons. The van der Waals surface area contributed by atoms with Gasteiger partial charge >= 0.3 is 0 Å². The molecule has 2 atom stereocenters. The highest BCUT2D eigenvalue weighted by Crippen LogP contribution is 2.42. The van der Waals surface area contributed by atoms with Crippen molar-refractivity contribution in [1.29, 1.82) is 0 Å². The fraction of sp³-hybridized carbons (Fsp3) is 0.417. The molecule has 2 heterocycles. The smallest absolute Gasteiger partial charge is 0.0707 e. The molecule has 0 saturated heterocycles. The number of fused-ring (bicyclic) bond motifs is 3. The largest absolute Gasteiger partial charge is 0.391 e. The Morgan fingerprint density at radius 1 is 1.11 bits per heavy atom. The van der Waals surface area contributed by atoms with Gasteiger partial charge < -0.3 is 9.67 Å². The number of aromatic nitrogens is 1. The van der Waals surface area contributed by atoms with Gasteiger partial charge in [-0.25, -0.2) is 0 Å². The molecule has 0 amide bonds. The Morgan fingerprint density at radius 2 is 1.96 bits per heavy atom. The predicted molar refractivity (Wildman–Crippen MR) is 110 cm³/mol. The van der Waals surface area contributed by atoms with Gasteiger partial charge in [-0.2, -0.15) is 0 Å². The van der Waals surface area contributed by atoms with E-state index in [0.29, 0.717) is 6.04 Å². The van der Waals surface area contributed by atoms with Gasteiger partial charge in [0.2, 0.25) is 0 Å². The van der Waals surface area contributed by atoms with Crippen LogP contribution in [0.3, 0.4) is 0 Å². The van der Waals surface area contributed by atoms with Crippen molar-refractivity contribution in [1.82, 2.24) is 9.47 Å². The highest BCUT2D eigenvalue weighted by Gasteiger charge is 2.35. The fourth-order valence-corrected chi connectivity index (χ4v) is 5.23. The Balaban J connectivity index is 1.43. The first-order valence-corrected chi connectivity index (χ1v) is 10.3. The van der Waals surface area contributed by atoms with E-state index >= 15 is 0 Å². The molecule has 2 aromatic carbocycles. The van der Waals surface area contributed by atoms with Crippen LogP contribution in [0, 0.1) is 6.92 Å². The maximum Gasteiger partial charge on any atom is 0.0707 e.